The number of nitrogens with two attached hydrogens (primary N) is 1. The Morgan fingerprint density at radius 2 is 1.96 bits per heavy atom. The van der Waals surface area contributed by atoms with Crippen LogP contribution in [0.1, 0.15) is 16.1 Å². The number of hydrogen-bond donors (Lipinski definition) is 3. The Balaban J connectivity index is 1.69. The largest absolute Gasteiger partial charge is 0.382 e. The van der Waals surface area contributed by atoms with Crippen molar-refractivity contribution in [2.24, 2.45) is 0 Å². The van der Waals surface area contributed by atoms with Crippen molar-refractivity contribution < 1.29 is 4.79 Å². The number of pyridine rings is 2. The molecule has 0 saturated carbocycles. The fraction of sp³-hybridized carbons (Fsp3) is 0.0556. The lowest BCUT2D eigenvalue weighted by atomic mass is 10.2. The molecule has 132 valence electrons. The van der Waals surface area contributed by atoms with Gasteiger partial charge in [-0.1, -0.05) is 35.3 Å². The molecule has 3 rings (SSSR count). The Labute approximate surface area is 160 Å². The number of nitrogen functional groups attached to an aromatic ring is 1. The van der Waals surface area contributed by atoms with Gasteiger partial charge in [-0.25, -0.2) is 9.97 Å². The summed E-state index contributed by atoms with van der Waals surface area (Å²) in [6, 6.07) is 12.5. The van der Waals surface area contributed by atoms with E-state index in [9.17, 15) is 4.79 Å². The molecule has 8 heteroatoms. The lowest BCUT2D eigenvalue weighted by Crippen LogP contribution is -2.14. The van der Waals surface area contributed by atoms with E-state index < -0.39 is 5.91 Å². The summed E-state index contributed by atoms with van der Waals surface area (Å²) in [5.74, 6) is 0.0219. The second-order valence-corrected chi connectivity index (χ2v) is 6.27. The van der Waals surface area contributed by atoms with Crippen LogP contribution in [0.3, 0.4) is 0 Å². The van der Waals surface area contributed by atoms with E-state index in [0.29, 0.717) is 23.1 Å². The standard InChI is InChI=1S/C18H15Cl2N5O/c19-12-8-14(20)16(24-10-12)18(26)25-13-4-1-3-11(7-13)9-23-15-5-2-6-22-17(15)21/h1-8,10,23H,9H2,(H2,21,22)(H,25,26). The number of halogens is 2. The average Bonchev–Trinajstić information content (AvgIpc) is 2.61. The van der Waals surface area contributed by atoms with Gasteiger partial charge in [0.1, 0.15) is 11.5 Å². The van der Waals surface area contributed by atoms with Gasteiger partial charge in [-0.15, -0.1) is 0 Å². The minimum Gasteiger partial charge on any atom is -0.382 e. The van der Waals surface area contributed by atoms with Crippen molar-refractivity contribution in [3.63, 3.8) is 0 Å². The van der Waals surface area contributed by atoms with E-state index in [1.54, 1.807) is 18.3 Å². The number of carbonyl (C=O) groups excluding carboxylic acids is 1. The molecule has 0 bridgehead atoms. The van der Waals surface area contributed by atoms with Gasteiger partial charge in [-0.2, -0.15) is 0 Å². The first kappa shape index (κ1) is 18.0. The van der Waals surface area contributed by atoms with Crippen molar-refractivity contribution in [2.45, 2.75) is 6.54 Å². The van der Waals surface area contributed by atoms with Gasteiger partial charge in [-0.05, 0) is 35.9 Å². The Bertz CT molecular complexity index is 948. The molecule has 26 heavy (non-hydrogen) atoms. The first-order valence-electron chi connectivity index (χ1n) is 7.68. The quantitative estimate of drug-likeness (QED) is 0.608. The normalized spacial score (nSPS) is 10.4. The Morgan fingerprint density at radius 3 is 2.73 bits per heavy atom. The minimum absolute atomic E-state index is 0.114. The molecular formula is C18H15Cl2N5O. The van der Waals surface area contributed by atoms with Gasteiger partial charge in [0, 0.05) is 24.6 Å². The summed E-state index contributed by atoms with van der Waals surface area (Å²) in [7, 11) is 0. The van der Waals surface area contributed by atoms with Gasteiger partial charge in [0.25, 0.3) is 5.91 Å². The zero-order valence-electron chi connectivity index (χ0n) is 13.5. The third-order valence-electron chi connectivity index (χ3n) is 3.53. The zero-order chi connectivity index (χ0) is 18.5. The number of nitrogens with zero attached hydrogens (tertiary/aromatic N) is 2. The van der Waals surface area contributed by atoms with Gasteiger partial charge in [0.2, 0.25) is 0 Å². The summed E-state index contributed by atoms with van der Waals surface area (Å²) >= 11 is 11.8. The second-order valence-electron chi connectivity index (χ2n) is 5.43. The molecule has 0 aliphatic rings. The number of anilines is 3. The SMILES string of the molecule is Nc1ncccc1NCc1cccc(NC(=O)c2ncc(Cl)cc2Cl)c1. The van der Waals surface area contributed by atoms with E-state index in [4.69, 9.17) is 28.9 Å². The average molecular weight is 388 g/mol. The number of benzene rings is 1. The molecule has 3 aromatic rings. The molecule has 2 aromatic heterocycles. The van der Waals surface area contributed by atoms with Crippen LogP contribution in [0.25, 0.3) is 0 Å². The second kappa shape index (κ2) is 8.03. The van der Waals surface area contributed by atoms with Crippen molar-refractivity contribution in [3.8, 4) is 0 Å². The molecule has 0 aliphatic heterocycles. The highest BCUT2D eigenvalue weighted by atomic mass is 35.5. The van der Waals surface area contributed by atoms with Crippen molar-refractivity contribution >= 4 is 46.3 Å². The van der Waals surface area contributed by atoms with Crippen LogP contribution in [0.15, 0.2) is 54.9 Å². The third-order valence-corrected chi connectivity index (χ3v) is 4.02. The summed E-state index contributed by atoms with van der Waals surface area (Å²) in [4.78, 5) is 20.3. The molecule has 6 nitrogen and oxygen atoms in total. The number of rotatable bonds is 5. The number of aromatic nitrogens is 2. The Kier molecular flexibility index (Phi) is 5.55. The molecule has 0 unspecified atom stereocenters. The molecule has 0 fully saturated rings. The van der Waals surface area contributed by atoms with E-state index >= 15 is 0 Å². The fourth-order valence-corrected chi connectivity index (χ4v) is 2.76. The van der Waals surface area contributed by atoms with E-state index in [1.807, 2.05) is 24.3 Å². The van der Waals surface area contributed by atoms with Crippen LogP contribution >= 0.6 is 23.2 Å². The molecule has 0 radical (unpaired) electrons. The molecule has 2 heterocycles. The smallest absolute Gasteiger partial charge is 0.275 e. The zero-order valence-corrected chi connectivity index (χ0v) is 15.1. The molecule has 1 aromatic carbocycles. The topological polar surface area (TPSA) is 92.9 Å². The maximum atomic E-state index is 12.3. The van der Waals surface area contributed by atoms with Crippen LogP contribution in [0.5, 0.6) is 0 Å². The van der Waals surface area contributed by atoms with Gasteiger partial charge < -0.3 is 16.4 Å². The lowest BCUT2D eigenvalue weighted by Gasteiger charge is -2.10. The van der Waals surface area contributed by atoms with E-state index in [2.05, 4.69) is 20.6 Å². The molecule has 0 spiro atoms. The monoisotopic (exact) mass is 387 g/mol. The first-order chi connectivity index (χ1) is 12.5. The predicted octanol–water partition coefficient (Wildman–Crippen LogP) is 4.23. The number of carbonyl (C=O) groups is 1. The van der Waals surface area contributed by atoms with Crippen LogP contribution < -0.4 is 16.4 Å². The van der Waals surface area contributed by atoms with Gasteiger partial charge in [0.15, 0.2) is 0 Å². The maximum absolute atomic E-state index is 12.3. The van der Waals surface area contributed by atoms with E-state index in [-0.39, 0.29) is 10.7 Å². The van der Waals surface area contributed by atoms with Gasteiger partial charge in [0.05, 0.1) is 15.7 Å². The number of amides is 1. The highest BCUT2D eigenvalue weighted by molar-refractivity contribution is 6.36. The molecule has 0 saturated heterocycles. The molecule has 0 aliphatic carbocycles. The summed E-state index contributed by atoms with van der Waals surface area (Å²) in [6.07, 6.45) is 3.01. The molecule has 0 atom stereocenters. The molecule has 4 N–H and O–H groups in total. The highest BCUT2D eigenvalue weighted by Crippen LogP contribution is 2.21. The highest BCUT2D eigenvalue weighted by Gasteiger charge is 2.13. The summed E-state index contributed by atoms with van der Waals surface area (Å²) in [5, 5.41) is 6.55. The molecular weight excluding hydrogens is 373 g/mol. The van der Waals surface area contributed by atoms with E-state index in [0.717, 1.165) is 11.3 Å². The van der Waals surface area contributed by atoms with Gasteiger partial charge in [-0.3, -0.25) is 4.79 Å². The van der Waals surface area contributed by atoms with Crippen LogP contribution in [0.4, 0.5) is 17.2 Å². The number of nitrogens with one attached hydrogen (secondary N) is 2. The molecule has 1 amide bonds. The van der Waals surface area contributed by atoms with Crippen molar-refractivity contribution in [1.29, 1.82) is 0 Å². The minimum atomic E-state index is -0.409. The summed E-state index contributed by atoms with van der Waals surface area (Å²) in [5.41, 5.74) is 8.26. The lowest BCUT2D eigenvalue weighted by molar-refractivity contribution is 0.102. The van der Waals surface area contributed by atoms with Crippen molar-refractivity contribution in [3.05, 3.63) is 76.2 Å². The van der Waals surface area contributed by atoms with Crippen LogP contribution in [-0.4, -0.2) is 15.9 Å². The van der Waals surface area contributed by atoms with E-state index in [1.165, 1.54) is 12.3 Å². The Morgan fingerprint density at radius 1 is 1.12 bits per heavy atom. The van der Waals surface area contributed by atoms with Gasteiger partial charge >= 0.3 is 0 Å². The Hall–Kier alpha value is -2.83. The van der Waals surface area contributed by atoms with Crippen LogP contribution in [0, 0.1) is 0 Å². The fourth-order valence-electron chi connectivity index (χ4n) is 2.30. The van der Waals surface area contributed by atoms with Crippen molar-refractivity contribution in [1.82, 2.24) is 9.97 Å². The summed E-state index contributed by atoms with van der Waals surface area (Å²) < 4.78 is 0. The van der Waals surface area contributed by atoms with Crippen molar-refractivity contribution in [2.75, 3.05) is 16.4 Å². The summed E-state index contributed by atoms with van der Waals surface area (Å²) in [6.45, 7) is 0.527. The number of hydrogen-bond acceptors (Lipinski definition) is 5. The van der Waals surface area contributed by atoms with Crippen LogP contribution in [-0.2, 0) is 6.54 Å². The van der Waals surface area contributed by atoms with Crippen LogP contribution in [0.2, 0.25) is 10.0 Å². The third kappa shape index (κ3) is 4.41. The predicted molar refractivity (Wildman–Crippen MR) is 105 cm³/mol. The first-order valence-corrected chi connectivity index (χ1v) is 8.44. The maximum Gasteiger partial charge on any atom is 0.275 e.